The minimum atomic E-state index is -0.298. The largest absolute Gasteiger partial charge is 0.493 e. The van der Waals surface area contributed by atoms with Gasteiger partial charge in [-0.1, -0.05) is 23.2 Å². The molecule has 0 aromatic heterocycles. The molecule has 0 heterocycles. The van der Waals surface area contributed by atoms with Crippen LogP contribution in [0.15, 0.2) is 36.4 Å². The Kier molecular flexibility index (Phi) is 5.52. The second-order valence-corrected chi connectivity index (χ2v) is 5.22. The zero-order valence-electron chi connectivity index (χ0n) is 12.2. The fraction of sp³-hybridized carbons (Fsp3) is 0.188. The van der Waals surface area contributed by atoms with Crippen molar-refractivity contribution in [3.63, 3.8) is 0 Å². The topological polar surface area (TPSA) is 47.6 Å². The molecule has 116 valence electrons. The van der Waals surface area contributed by atoms with Crippen molar-refractivity contribution in [1.82, 2.24) is 0 Å². The lowest BCUT2D eigenvalue weighted by atomic mass is 10.2. The summed E-state index contributed by atoms with van der Waals surface area (Å²) in [5, 5.41) is 3.61. The van der Waals surface area contributed by atoms with Crippen LogP contribution in [0.25, 0.3) is 0 Å². The minimum absolute atomic E-state index is 0.298. The number of methoxy groups -OCH3 is 1. The lowest BCUT2D eigenvalue weighted by molar-refractivity contribution is 0.102. The summed E-state index contributed by atoms with van der Waals surface area (Å²) < 4.78 is 10.7. The first-order chi connectivity index (χ1) is 10.5. The van der Waals surface area contributed by atoms with Gasteiger partial charge in [0.15, 0.2) is 11.5 Å². The van der Waals surface area contributed by atoms with Gasteiger partial charge in [-0.2, -0.15) is 0 Å². The highest BCUT2D eigenvalue weighted by atomic mass is 35.5. The summed E-state index contributed by atoms with van der Waals surface area (Å²) in [6.07, 6.45) is 0. The first kappa shape index (κ1) is 16.5. The number of carbonyl (C=O) groups excluding carboxylic acids is 1. The Morgan fingerprint density at radius 3 is 2.55 bits per heavy atom. The normalized spacial score (nSPS) is 10.2. The van der Waals surface area contributed by atoms with Gasteiger partial charge in [0, 0.05) is 10.6 Å². The third-order valence-corrected chi connectivity index (χ3v) is 3.45. The molecule has 0 aliphatic rings. The smallest absolute Gasteiger partial charge is 0.255 e. The number of benzene rings is 2. The van der Waals surface area contributed by atoms with E-state index in [4.69, 9.17) is 32.7 Å². The summed E-state index contributed by atoms with van der Waals surface area (Å²) >= 11 is 11.9. The number of amides is 1. The molecule has 2 rings (SSSR count). The van der Waals surface area contributed by atoms with Crippen molar-refractivity contribution in [2.45, 2.75) is 6.92 Å². The molecule has 0 bridgehead atoms. The number of hydrogen-bond acceptors (Lipinski definition) is 3. The van der Waals surface area contributed by atoms with Crippen molar-refractivity contribution in [3.05, 3.63) is 52.0 Å². The highest BCUT2D eigenvalue weighted by Gasteiger charge is 2.12. The SMILES string of the molecule is CCOc1cc(C(=O)Nc2ccc(Cl)cc2Cl)ccc1OC. The number of anilines is 1. The molecule has 1 N–H and O–H groups in total. The molecule has 0 spiro atoms. The zero-order valence-corrected chi connectivity index (χ0v) is 13.7. The van der Waals surface area contributed by atoms with Crippen LogP contribution in [-0.2, 0) is 0 Å². The lowest BCUT2D eigenvalue weighted by Crippen LogP contribution is -2.12. The predicted molar refractivity (Wildman–Crippen MR) is 88.6 cm³/mol. The summed E-state index contributed by atoms with van der Waals surface area (Å²) in [6.45, 7) is 2.34. The van der Waals surface area contributed by atoms with E-state index in [0.29, 0.717) is 39.4 Å². The monoisotopic (exact) mass is 339 g/mol. The standard InChI is InChI=1S/C16H15Cl2NO3/c1-3-22-15-8-10(4-7-14(15)21-2)16(20)19-13-6-5-11(17)9-12(13)18/h4-9H,3H2,1-2H3,(H,19,20). The molecule has 0 atom stereocenters. The van der Waals surface area contributed by atoms with Gasteiger partial charge in [-0.3, -0.25) is 4.79 Å². The summed E-state index contributed by atoms with van der Waals surface area (Å²) in [6, 6.07) is 9.84. The van der Waals surface area contributed by atoms with E-state index in [-0.39, 0.29) is 5.91 Å². The molecule has 2 aromatic rings. The van der Waals surface area contributed by atoms with Crippen LogP contribution in [0.2, 0.25) is 10.0 Å². The fourth-order valence-corrected chi connectivity index (χ4v) is 2.33. The summed E-state index contributed by atoms with van der Waals surface area (Å²) in [7, 11) is 1.55. The Morgan fingerprint density at radius 1 is 1.14 bits per heavy atom. The molecule has 1 amide bonds. The second-order valence-electron chi connectivity index (χ2n) is 4.38. The van der Waals surface area contributed by atoms with Crippen molar-refractivity contribution >= 4 is 34.8 Å². The summed E-state index contributed by atoms with van der Waals surface area (Å²) in [4.78, 5) is 12.3. The molecular formula is C16H15Cl2NO3. The first-order valence-corrected chi connectivity index (χ1v) is 7.38. The highest BCUT2D eigenvalue weighted by molar-refractivity contribution is 6.36. The van der Waals surface area contributed by atoms with Gasteiger partial charge >= 0.3 is 0 Å². The number of carbonyl (C=O) groups is 1. The molecule has 0 fully saturated rings. The molecule has 0 saturated heterocycles. The first-order valence-electron chi connectivity index (χ1n) is 6.62. The van der Waals surface area contributed by atoms with Gasteiger partial charge in [-0.25, -0.2) is 0 Å². The van der Waals surface area contributed by atoms with Crippen molar-refractivity contribution in [3.8, 4) is 11.5 Å². The van der Waals surface area contributed by atoms with Crippen LogP contribution in [0, 0.1) is 0 Å². The third-order valence-electron chi connectivity index (χ3n) is 2.90. The average molecular weight is 340 g/mol. The minimum Gasteiger partial charge on any atom is -0.493 e. The van der Waals surface area contributed by atoms with Gasteiger partial charge in [-0.05, 0) is 43.3 Å². The molecule has 0 aliphatic carbocycles. The Balaban J connectivity index is 2.23. The Bertz CT molecular complexity index is 689. The van der Waals surface area contributed by atoms with Crippen LogP contribution < -0.4 is 14.8 Å². The molecule has 0 unspecified atom stereocenters. The Morgan fingerprint density at radius 2 is 1.91 bits per heavy atom. The zero-order chi connectivity index (χ0) is 16.1. The molecule has 22 heavy (non-hydrogen) atoms. The van der Waals surface area contributed by atoms with Crippen LogP contribution in [0.3, 0.4) is 0 Å². The Labute approximate surface area is 138 Å². The van der Waals surface area contributed by atoms with Crippen LogP contribution in [0.5, 0.6) is 11.5 Å². The predicted octanol–water partition coefficient (Wildman–Crippen LogP) is 4.65. The number of hydrogen-bond donors (Lipinski definition) is 1. The van der Waals surface area contributed by atoms with E-state index in [1.807, 2.05) is 6.92 Å². The van der Waals surface area contributed by atoms with E-state index in [1.54, 1.807) is 43.5 Å². The van der Waals surface area contributed by atoms with E-state index in [1.165, 1.54) is 0 Å². The molecule has 6 heteroatoms. The van der Waals surface area contributed by atoms with E-state index < -0.39 is 0 Å². The maximum atomic E-state index is 12.3. The number of halogens is 2. The molecule has 0 radical (unpaired) electrons. The molecular weight excluding hydrogens is 325 g/mol. The fourth-order valence-electron chi connectivity index (χ4n) is 1.87. The lowest BCUT2D eigenvalue weighted by Gasteiger charge is -2.12. The van der Waals surface area contributed by atoms with Gasteiger partial charge < -0.3 is 14.8 Å². The molecule has 0 saturated carbocycles. The maximum Gasteiger partial charge on any atom is 0.255 e. The Hall–Kier alpha value is -1.91. The quantitative estimate of drug-likeness (QED) is 0.862. The molecule has 0 aliphatic heterocycles. The third kappa shape index (κ3) is 3.84. The van der Waals surface area contributed by atoms with Crippen LogP contribution in [-0.4, -0.2) is 19.6 Å². The number of rotatable bonds is 5. The van der Waals surface area contributed by atoms with Gasteiger partial charge in [0.25, 0.3) is 5.91 Å². The van der Waals surface area contributed by atoms with E-state index in [9.17, 15) is 4.79 Å². The van der Waals surface area contributed by atoms with Crippen LogP contribution in [0.4, 0.5) is 5.69 Å². The van der Waals surface area contributed by atoms with Crippen LogP contribution in [0.1, 0.15) is 17.3 Å². The van der Waals surface area contributed by atoms with Gasteiger partial charge in [0.05, 0.1) is 24.4 Å². The van der Waals surface area contributed by atoms with Gasteiger partial charge in [-0.15, -0.1) is 0 Å². The van der Waals surface area contributed by atoms with E-state index in [0.717, 1.165) is 0 Å². The number of ether oxygens (including phenoxy) is 2. The molecule has 2 aromatic carbocycles. The highest BCUT2D eigenvalue weighted by Crippen LogP contribution is 2.29. The average Bonchev–Trinajstić information content (AvgIpc) is 2.50. The maximum absolute atomic E-state index is 12.3. The van der Waals surface area contributed by atoms with Crippen LogP contribution >= 0.6 is 23.2 Å². The van der Waals surface area contributed by atoms with Crippen molar-refractivity contribution in [2.75, 3.05) is 19.0 Å². The van der Waals surface area contributed by atoms with E-state index in [2.05, 4.69) is 5.32 Å². The summed E-state index contributed by atoms with van der Waals surface area (Å²) in [5.74, 6) is 0.788. The summed E-state index contributed by atoms with van der Waals surface area (Å²) in [5.41, 5.74) is 0.931. The van der Waals surface area contributed by atoms with Crippen molar-refractivity contribution < 1.29 is 14.3 Å². The van der Waals surface area contributed by atoms with Gasteiger partial charge in [0.2, 0.25) is 0 Å². The van der Waals surface area contributed by atoms with Crippen molar-refractivity contribution in [1.29, 1.82) is 0 Å². The molecule has 4 nitrogen and oxygen atoms in total. The number of nitrogens with one attached hydrogen (secondary N) is 1. The van der Waals surface area contributed by atoms with Crippen molar-refractivity contribution in [2.24, 2.45) is 0 Å². The van der Waals surface area contributed by atoms with Gasteiger partial charge in [0.1, 0.15) is 0 Å². The van der Waals surface area contributed by atoms with E-state index >= 15 is 0 Å². The second kappa shape index (κ2) is 7.38.